The van der Waals surface area contributed by atoms with Gasteiger partial charge < -0.3 is 29.5 Å². The highest BCUT2D eigenvalue weighted by Gasteiger charge is 2.26. The third kappa shape index (κ3) is 12.9. The molecule has 2 aromatic rings. The molecule has 0 saturated carbocycles. The third-order valence-electron chi connectivity index (χ3n) is 7.71. The van der Waals surface area contributed by atoms with Crippen LogP contribution in [-0.2, 0) is 9.53 Å². The maximum absolute atomic E-state index is 12.9. The fourth-order valence-corrected chi connectivity index (χ4v) is 5.19. The number of Topliss-reactive ketones (excluding diaryl/α,β-unsaturated/α-hetero) is 1. The fraction of sp³-hybridized carbons (Fsp3) is 0.543. The van der Waals surface area contributed by atoms with Gasteiger partial charge in [0.05, 0.1) is 19.3 Å². The van der Waals surface area contributed by atoms with Gasteiger partial charge in [0.15, 0.2) is 5.78 Å². The maximum Gasteiger partial charge on any atom is 0.220 e. The fourth-order valence-electron chi connectivity index (χ4n) is 5.19. The molecule has 1 aliphatic rings. The van der Waals surface area contributed by atoms with Crippen LogP contribution in [0.3, 0.4) is 0 Å². The van der Waals surface area contributed by atoms with E-state index in [2.05, 4.69) is 16.8 Å². The lowest BCUT2D eigenvalue weighted by Gasteiger charge is -2.29. The molecule has 8 nitrogen and oxygen atoms in total. The molecule has 2 atom stereocenters. The Morgan fingerprint density at radius 3 is 2.21 bits per heavy atom. The molecule has 3 rings (SSSR count). The summed E-state index contributed by atoms with van der Waals surface area (Å²) in [6, 6.07) is 14.2. The van der Waals surface area contributed by atoms with Crippen molar-refractivity contribution in [3.8, 4) is 11.5 Å². The second kappa shape index (κ2) is 19.9. The number of hydrogen-bond acceptors (Lipinski definition) is 7. The minimum Gasteiger partial charge on any atom is -0.494 e. The van der Waals surface area contributed by atoms with Gasteiger partial charge >= 0.3 is 0 Å². The minimum atomic E-state index is -0.833. The zero-order valence-corrected chi connectivity index (χ0v) is 25.8. The number of amides is 1. The van der Waals surface area contributed by atoms with Crippen molar-refractivity contribution in [3.05, 3.63) is 72.3 Å². The average Bonchev–Trinajstić information content (AvgIpc) is 3.54. The van der Waals surface area contributed by atoms with Crippen molar-refractivity contribution in [1.29, 1.82) is 0 Å². The summed E-state index contributed by atoms with van der Waals surface area (Å²) in [7, 11) is 1.62. The lowest BCUT2D eigenvalue weighted by molar-refractivity contribution is -0.123. The molecule has 1 aliphatic heterocycles. The Balaban J connectivity index is 1.44. The first kappa shape index (κ1) is 34.3. The van der Waals surface area contributed by atoms with E-state index < -0.39 is 12.1 Å². The number of unbranched alkanes of at least 4 members (excludes halogenated alkanes) is 4. The molecule has 43 heavy (non-hydrogen) atoms. The van der Waals surface area contributed by atoms with Gasteiger partial charge in [-0.1, -0.05) is 18.2 Å². The summed E-state index contributed by atoms with van der Waals surface area (Å²) >= 11 is 0. The number of ether oxygens (including phenoxy) is 3. The molecule has 0 aromatic heterocycles. The molecule has 236 valence electrons. The summed E-state index contributed by atoms with van der Waals surface area (Å²) in [4.78, 5) is 27.8. The van der Waals surface area contributed by atoms with Gasteiger partial charge in [-0.15, -0.1) is 6.58 Å². The van der Waals surface area contributed by atoms with Gasteiger partial charge in [-0.2, -0.15) is 0 Å². The predicted octanol–water partition coefficient (Wildman–Crippen LogP) is 5.89. The number of allylic oxidation sites excluding steroid dienone is 1. The van der Waals surface area contributed by atoms with Crippen LogP contribution in [-0.4, -0.2) is 74.3 Å². The van der Waals surface area contributed by atoms with Gasteiger partial charge in [-0.05, 0) is 106 Å². The summed E-state index contributed by atoms with van der Waals surface area (Å²) in [5, 5.41) is 14.4. The number of carbonyl (C=O) groups is 2. The van der Waals surface area contributed by atoms with Crippen LogP contribution in [0.1, 0.15) is 86.2 Å². The summed E-state index contributed by atoms with van der Waals surface area (Å²) in [5.41, 5.74) is 1.39. The molecule has 1 amide bonds. The lowest BCUT2D eigenvalue weighted by atomic mass is 10.0. The van der Waals surface area contributed by atoms with Crippen LogP contribution in [0.15, 0.2) is 61.2 Å². The van der Waals surface area contributed by atoms with Crippen molar-refractivity contribution in [2.75, 3.05) is 46.6 Å². The number of aliphatic hydroxyl groups is 1. The molecule has 0 aliphatic carbocycles. The van der Waals surface area contributed by atoms with E-state index in [9.17, 15) is 14.7 Å². The van der Waals surface area contributed by atoms with Gasteiger partial charge in [0.2, 0.25) is 5.91 Å². The van der Waals surface area contributed by atoms with Crippen molar-refractivity contribution < 1.29 is 28.9 Å². The molecule has 0 radical (unpaired) electrons. The summed E-state index contributed by atoms with van der Waals surface area (Å²) in [6.07, 6.45) is 9.54. The number of methoxy groups -OCH3 is 1. The van der Waals surface area contributed by atoms with E-state index in [1.165, 1.54) is 0 Å². The van der Waals surface area contributed by atoms with Crippen LogP contribution >= 0.6 is 0 Å². The Labute approximate surface area is 257 Å². The Morgan fingerprint density at radius 2 is 1.53 bits per heavy atom. The van der Waals surface area contributed by atoms with E-state index in [1.54, 1.807) is 31.4 Å². The highest BCUT2D eigenvalue weighted by Crippen LogP contribution is 2.23. The highest BCUT2D eigenvalue weighted by atomic mass is 16.5. The first-order chi connectivity index (χ1) is 21.0. The van der Waals surface area contributed by atoms with Crippen molar-refractivity contribution >= 4 is 11.7 Å². The lowest BCUT2D eigenvalue weighted by Crippen LogP contribution is -2.46. The van der Waals surface area contributed by atoms with Crippen molar-refractivity contribution in [2.45, 2.75) is 76.4 Å². The second-order valence-electron chi connectivity index (χ2n) is 11.2. The standard InChI is InChI=1S/C35H50N2O6/c1-3-4-5-6-11-24-42-30-20-16-29(17-21-30)35(40)32(27-37-22-9-10-23-37)36-34(39)13-8-7-12-33(38)28-14-18-31(19-15-28)43-26-25-41-2/h3,14-21,32,35,40H,1,4-13,22-27H2,2H3,(H,36,39)/t32-,35-/m1/s1. The molecule has 0 bridgehead atoms. The van der Waals surface area contributed by atoms with E-state index in [4.69, 9.17) is 14.2 Å². The minimum absolute atomic E-state index is 0.0475. The van der Waals surface area contributed by atoms with Crippen molar-refractivity contribution in [1.82, 2.24) is 10.2 Å². The van der Waals surface area contributed by atoms with Gasteiger partial charge in [-0.25, -0.2) is 0 Å². The number of nitrogens with one attached hydrogen (secondary N) is 1. The molecule has 2 aromatic carbocycles. The third-order valence-corrected chi connectivity index (χ3v) is 7.71. The van der Waals surface area contributed by atoms with E-state index in [0.29, 0.717) is 63.4 Å². The van der Waals surface area contributed by atoms with Crippen LogP contribution in [0.4, 0.5) is 0 Å². The van der Waals surface area contributed by atoms with Gasteiger partial charge in [0, 0.05) is 32.1 Å². The van der Waals surface area contributed by atoms with Gasteiger partial charge in [0.1, 0.15) is 24.2 Å². The van der Waals surface area contributed by atoms with E-state index in [1.807, 2.05) is 30.3 Å². The second-order valence-corrected chi connectivity index (χ2v) is 11.2. The monoisotopic (exact) mass is 594 g/mol. The predicted molar refractivity (Wildman–Crippen MR) is 170 cm³/mol. The Bertz CT molecular complexity index is 1080. The molecule has 0 unspecified atom stereocenters. The largest absolute Gasteiger partial charge is 0.494 e. The van der Waals surface area contributed by atoms with Gasteiger partial charge in [0.25, 0.3) is 0 Å². The zero-order valence-electron chi connectivity index (χ0n) is 25.8. The average molecular weight is 595 g/mol. The molecule has 0 spiro atoms. The Morgan fingerprint density at radius 1 is 0.884 bits per heavy atom. The summed E-state index contributed by atoms with van der Waals surface area (Å²) < 4.78 is 16.4. The van der Waals surface area contributed by atoms with Gasteiger partial charge in [-0.3, -0.25) is 9.59 Å². The number of benzene rings is 2. The van der Waals surface area contributed by atoms with Crippen LogP contribution in [0, 0.1) is 0 Å². The molecule has 2 N–H and O–H groups in total. The smallest absolute Gasteiger partial charge is 0.220 e. The molecule has 8 heteroatoms. The molecule has 1 fully saturated rings. The zero-order chi connectivity index (χ0) is 30.7. The first-order valence-electron chi connectivity index (χ1n) is 15.8. The van der Waals surface area contributed by atoms with Crippen LogP contribution in [0.5, 0.6) is 11.5 Å². The first-order valence-corrected chi connectivity index (χ1v) is 15.8. The maximum atomic E-state index is 12.9. The highest BCUT2D eigenvalue weighted by molar-refractivity contribution is 5.96. The molecule has 1 saturated heterocycles. The van der Waals surface area contributed by atoms with Crippen LogP contribution in [0.25, 0.3) is 0 Å². The number of likely N-dealkylation sites (tertiary alicyclic amines) is 1. The van der Waals surface area contributed by atoms with Crippen LogP contribution in [0.2, 0.25) is 0 Å². The Kier molecular flexibility index (Phi) is 15.9. The van der Waals surface area contributed by atoms with Crippen molar-refractivity contribution in [3.63, 3.8) is 0 Å². The molecular formula is C35H50N2O6. The number of nitrogens with zero attached hydrogens (tertiary/aromatic N) is 1. The number of carbonyl (C=O) groups excluding carboxylic acids is 2. The summed E-state index contributed by atoms with van der Waals surface area (Å²) in [6.45, 7) is 7.92. The Hall–Kier alpha value is -3.20. The summed E-state index contributed by atoms with van der Waals surface area (Å²) in [5.74, 6) is 1.42. The SMILES string of the molecule is C=CCCCCCOc1ccc([C@@H](O)[C@@H](CN2CCCC2)NC(=O)CCCCC(=O)c2ccc(OCCOC)cc2)cc1. The van der Waals surface area contributed by atoms with E-state index in [-0.39, 0.29) is 11.7 Å². The number of aliphatic hydroxyl groups excluding tert-OH is 1. The van der Waals surface area contributed by atoms with E-state index in [0.717, 1.165) is 62.9 Å². The number of hydrogen-bond donors (Lipinski definition) is 2. The normalized spacial score (nSPS) is 14.7. The number of ketones is 1. The topological polar surface area (TPSA) is 97.3 Å². The molecular weight excluding hydrogens is 544 g/mol. The van der Waals surface area contributed by atoms with Crippen molar-refractivity contribution in [2.24, 2.45) is 0 Å². The molecule has 1 heterocycles. The quantitative estimate of drug-likeness (QED) is 0.0996. The van der Waals surface area contributed by atoms with Crippen LogP contribution < -0.4 is 14.8 Å². The number of rotatable bonds is 22. The van der Waals surface area contributed by atoms with E-state index >= 15 is 0 Å².